The number of sulfone groups is 1. The van der Waals surface area contributed by atoms with Crippen molar-refractivity contribution in [1.29, 1.82) is 0 Å². The summed E-state index contributed by atoms with van der Waals surface area (Å²) in [6.07, 6.45) is 3.57. The fourth-order valence-corrected chi connectivity index (χ4v) is 5.75. The van der Waals surface area contributed by atoms with E-state index in [2.05, 4.69) is 15.9 Å². The lowest BCUT2D eigenvalue weighted by molar-refractivity contribution is 0.0521. The average molecular weight is 339 g/mol. The number of hydrogen-bond donors (Lipinski definition) is 1. The van der Waals surface area contributed by atoms with Crippen molar-refractivity contribution in [2.75, 3.05) is 6.26 Å². The van der Waals surface area contributed by atoms with Gasteiger partial charge >= 0.3 is 0 Å². The zero-order valence-corrected chi connectivity index (χ0v) is 12.7. The minimum atomic E-state index is -3.18. The van der Waals surface area contributed by atoms with Crippen LogP contribution in [0.5, 0.6) is 0 Å². The zero-order valence-electron chi connectivity index (χ0n) is 9.52. The first-order valence-corrected chi connectivity index (χ1v) is 9.08. The van der Waals surface area contributed by atoms with Crippen LogP contribution in [0.4, 0.5) is 0 Å². The third-order valence-corrected chi connectivity index (χ3v) is 6.70. The van der Waals surface area contributed by atoms with Gasteiger partial charge in [-0.05, 0) is 41.3 Å². The predicted octanol–water partition coefficient (Wildman–Crippen LogP) is 2.38. The predicted molar refractivity (Wildman–Crippen MR) is 73.2 cm³/mol. The van der Waals surface area contributed by atoms with E-state index in [4.69, 9.17) is 0 Å². The minimum Gasteiger partial charge on any atom is -0.388 e. The lowest BCUT2D eigenvalue weighted by Crippen LogP contribution is -2.43. The molecule has 1 heterocycles. The highest BCUT2D eigenvalue weighted by Gasteiger charge is 2.46. The van der Waals surface area contributed by atoms with Gasteiger partial charge in [0.05, 0.1) is 10.9 Å². The second-order valence-electron chi connectivity index (χ2n) is 4.72. The van der Waals surface area contributed by atoms with Gasteiger partial charge in [0.1, 0.15) is 0 Å². The van der Waals surface area contributed by atoms with E-state index in [1.54, 1.807) is 11.3 Å². The zero-order chi connectivity index (χ0) is 12.7. The summed E-state index contributed by atoms with van der Waals surface area (Å²) < 4.78 is 24.3. The first-order chi connectivity index (χ1) is 7.81. The van der Waals surface area contributed by atoms with Crippen molar-refractivity contribution in [3.63, 3.8) is 0 Å². The molecule has 1 fully saturated rings. The molecule has 1 aromatic rings. The van der Waals surface area contributed by atoms with Crippen LogP contribution in [-0.2, 0) is 16.3 Å². The smallest absolute Gasteiger partial charge is 0.153 e. The highest BCUT2D eigenvalue weighted by molar-refractivity contribution is 9.10. The van der Waals surface area contributed by atoms with Gasteiger partial charge in [-0.3, -0.25) is 0 Å². The van der Waals surface area contributed by atoms with Gasteiger partial charge in [-0.1, -0.05) is 0 Å². The van der Waals surface area contributed by atoms with Gasteiger partial charge in [0.15, 0.2) is 9.84 Å². The van der Waals surface area contributed by atoms with Crippen LogP contribution >= 0.6 is 27.3 Å². The van der Waals surface area contributed by atoms with E-state index in [1.807, 2.05) is 11.4 Å². The Morgan fingerprint density at radius 2 is 2.35 bits per heavy atom. The Morgan fingerprint density at radius 3 is 2.88 bits per heavy atom. The summed E-state index contributed by atoms with van der Waals surface area (Å²) >= 11 is 4.91. The molecule has 1 N–H and O–H groups in total. The molecule has 1 aromatic heterocycles. The van der Waals surface area contributed by atoms with Gasteiger partial charge < -0.3 is 5.11 Å². The van der Waals surface area contributed by atoms with Crippen molar-refractivity contribution in [1.82, 2.24) is 0 Å². The van der Waals surface area contributed by atoms with Crippen LogP contribution in [0.3, 0.4) is 0 Å². The van der Waals surface area contributed by atoms with E-state index in [-0.39, 0.29) is 0 Å². The highest BCUT2D eigenvalue weighted by atomic mass is 79.9. The van der Waals surface area contributed by atoms with Crippen LogP contribution in [-0.4, -0.2) is 30.6 Å². The number of thiophene rings is 1. The van der Waals surface area contributed by atoms with E-state index in [1.165, 1.54) is 6.26 Å². The summed E-state index contributed by atoms with van der Waals surface area (Å²) in [4.78, 5) is 1.02. The van der Waals surface area contributed by atoms with Crippen LogP contribution in [0.15, 0.2) is 15.9 Å². The average Bonchev–Trinajstić information content (AvgIpc) is 2.72. The van der Waals surface area contributed by atoms with E-state index in [0.717, 1.165) is 15.8 Å². The molecule has 17 heavy (non-hydrogen) atoms. The molecule has 2 rings (SSSR count). The molecule has 1 aliphatic rings. The molecule has 0 aliphatic heterocycles. The molecule has 2 unspecified atom stereocenters. The van der Waals surface area contributed by atoms with E-state index >= 15 is 0 Å². The fraction of sp³-hybridized carbons (Fsp3) is 0.636. The molecule has 1 saturated carbocycles. The monoisotopic (exact) mass is 338 g/mol. The summed E-state index contributed by atoms with van der Waals surface area (Å²) in [7, 11) is -3.18. The van der Waals surface area contributed by atoms with Gasteiger partial charge in [-0.2, -0.15) is 0 Å². The number of rotatable bonds is 3. The molecule has 6 heteroatoms. The van der Waals surface area contributed by atoms with Gasteiger partial charge in [0.25, 0.3) is 0 Å². The maximum atomic E-state index is 11.7. The summed E-state index contributed by atoms with van der Waals surface area (Å²) in [5.41, 5.74) is -1.09. The van der Waals surface area contributed by atoms with Crippen LogP contribution in [0.1, 0.15) is 24.1 Å². The molecule has 3 nitrogen and oxygen atoms in total. The van der Waals surface area contributed by atoms with E-state index in [9.17, 15) is 13.5 Å². The van der Waals surface area contributed by atoms with E-state index < -0.39 is 20.7 Å². The summed E-state index contributed by atoms with van der Waals surface area (Å²) in [6.45, 7) is 0. The van der Waals surface area contributed by atoms with Crippen LogP contribution in [0.25, 0.3) is 0 Å². The lowest BCUT2D eigenvalue weighted by atomic mass is 9.97. The Labute approximate surface area is 114 Å². The number of hydrogen-bond acceptors (Lipinski definition) is 4. The Morgan fingerprint density at radius 1 is 1.65 bits per heavy atom. The first kappa shape index (κ1) is 13.5. The Bertz CT molecular complexity index is 509. The van der Waals surface area contributed by atoms with Crippen LogP contribution in [0, 0.1) is 0 Å². The summed E-state index contributed by atoms with van der Waals surface area (Å²) in [6, 6.07) is 1.94. The van der Waals surface area contributed by atoms with Crippen LogP contribution in [0.2, 0.25) is 0 Å². The van der Waals surface area contributed by atoms with Crippen molar-refractivity contribution >= 4 is 37.1 Å². The Kier molecular flexibility index (Phi) is 3.69. The molecule has 0 amide bonds. The lowest BCUT2D eigenvalue weighted by Gasteiger charge is -2.28. The van der Waals surface area contributed by atoms with Gasteiger partial charge in [-0.25, -0.2) is 8.42 Å². The van der Waals surface area contributed by atoms with Crippen molar-refractivity contribution in [3.8, 4) is 0 Å². The normalized spacial score (nSPS) is 29.7. The second kappa shape index (κ2) is 4.64. The van der Waals surface area contributed by atoms with Gasteiger partial charge in [-0.15, -0.1) is 11.3 Å². The van der Waals surface area contributed by atoms with Crippen molar-refractivity contribution < 1.29 is 13.5 Å². The SMILES string of the molecule is CS(=O)(=O)C1CCCC1(O)Cc1cc(Br)cs1. The molecule has 1 aliphatic carbocycles. The summed E-state index contributed by atoms with van der Waals surface area (Å²) in [5.74, 6) is 0. The molecule has 0 spiro atoms. The summed E-state index contributed by atoms with van der Waals surface area (Å²) in [5, 5.41) is 11.9. The standard InChI is InChI=1S/C11H15BrO3S2/c1-17(14,15)10-3-2-4-11(10,13)6-9-5-8(12)7-16-9/h5,7,10,13H,2-4,6H2,1H3. The molecule has 0 aromatic carbocycles. The number of halogens is 1. The minimum absolute atomic E-state index is 0.432. The highest BCUT2D eigenvalue weighted by Crippen LogP contribution is 2.38. The topological polar surface area (TPSA) is 54.4 Å². The maximum absolute atomic E-state index is 11.7. The second-order valence-corrected chi connectivity index (χ2v) is 8.86. The molecular weight excluding hydrogens is 324 g/mol. The van der Waals surface area contributed by atoms with Gasteiger partial charge in [0.2, 0.25) is 0 Å². The van der Waals surface area contributed by atoms with Crippen molar-refractivity contribution in [2.45, 2.75) is 36.5 Å². The fourth-order valence-electron chi connectivity index (χ4n) is 2.59. The Hall–Kier alpha value is 0.0900. The quantitative estimate of drug-likeness (QED) is 0.920. The third kappa shape index (κ3) is 2.92. The third-order valence-electron chi connectivity index (χ3n) is 3.29. The number of aliphatic hydroxyl groups is 1. The Balaban J connectivity index is 2.23. The largest absolute Gasteiger partial charge is 0.388 e. The van der Waals surface area contributed by atoms with Crippen LogP contribution < -0.4 is 0 Å². The van der Waals surface area contributed by atoms with Crippen molar-refractivity contribution in [3.05, 3.63) is 20.8 Å². The molecule has 0 radical (unpaired) electrons. The van der Waals surface area contributed by atoms with Gasteiger partial charge in [0, 0.05) is 27.4 Å². The first-order valence-electron chi connectivity index (χ1n) is 5.45. The molecule has 96 valence electrons. The maximum Gasteiger partial charge on any atom is 0.153 e. The van der Waals surface area contributed by atoms with Crippen molar-refractivity contribution in [2.24, 2.45) is 0 Å². The molecule has 0 bridgehead atoms. The molecule has 0 saturated heterocycles. The molecular formula is C11H15BrO3S2. The van der Waals surface area contributed by atoms with E-state index in [0.29, 0.717) is 19.3 Å². The molecule has 2 atom stereocenters.